The predicted octanol–water partition coefficient (Wildman–Crippen LogP) is 4.09. The first-order valence-electron chi connectivity index (χ1n) is 8.33. The summed E-state index contributed by atoms with van der Waals surface area (Å²) in [4.78, 5) is 31.3. The lowest BCUT2D eigenvalue weighted by molar-refractivity contribution is -0.129. The number of carbonyl (C=O) groups is 2. The number of aliphatic imine (C=N–C) groups is 1. The molecule has 1 saturated heterocycles. The van der Waals surface area contributed by atoms with Gasteiger partial charge in [-0.2, -0.15) is 0 Å². The molecule has 5 nitrogen and oxygen atoms in total. The zero-order valence-corrected chi connectivity index (χ0v) is 16.7. The van der Waals surface area contributed by atoms with Gasteiger partial charge in [0, 0.05) is 29.2 Å². The molecular weight excluding hydrogens is 358 g/mol. The zero-order chi connectivity index (χ0) is 18.7. The smallest absolute Gasteiger partial charge is 0.242 e. The van der Waals surface area contributed by atoms with Gasteiger partial charge in [-0.1, -0.05) is 29.4 Å². The standard InChI is InChI=1S/C18H24ClN3O2S/c1-10(2)20-18-22(11(3)4)17(24)15(25-18)9-16(23)21-14-8-6-7-13(19)12(14)5/h6-8,10-11,15H,9H2,1-5H3,(H,21,23). The minimum absolute atomic E-state index is 0.0146. The Labute approximate surface area is 158 Å². The van der Waals surface area contributed by atoms with Crippen LogP contribution in [0.15, 0.2) is 23.2 Å². The molecule has 1 heterocycles. The summed E-state index contributed by atoms with van der Waals surface area (Å²) in [5, 5.41) is 3.71. The third kappa shape index (κ3) is 4.76. The van der Waals surface area contributed by atoms with Crippen LogP contribution < -0.4 is 5.32 Å². The van der Waals surface area contributed by atoms with Crippen LogP contribution in [-0.2, 0) is 9.59 Å². The first kappa shape index (κ1) is 19.8. The average molecular weight is 382 g/mol. The van der Waals surface area contributed by atoms with Gasteiger partial charge < -0.3 is 5.32 Å². The second kappa shape index (κ2) is 8.23. The Balaban J connectivity index is 2.10. The van der Waals surface area contributed by atoms with Gasteiger partial charge in [0.1, 0.15) is 5.25 Å². The molecule has 2 rings (SSSR count). The highest BCUT2D eigenvalue weighted by molar-refractivity contribution is 8.15. The Hall–Kier alpha value is -1.53. The Morgan fingerprint density at radius 3 is 2.64 bits per heavy atom. The minimum Gasteiger partial charge on any atom is -0.326 e. The van der Waals surface area contributed by atoms with Gasteiger partial charge in [-0.15, -0.1) is 0 Å². The molecule has 1 N–H and O–H groups in total. The van der Waals surface area contributed by atoms with Crippen molar-refractivity contribution in [3.8, 4) is 0 Å². The number of benzene rings is 1. The van der Waals surface area contributed by atoms with Crippen LogP contribution in [0.4, 0.5) is 5.69 Å². The number of nitrogens with zero attached hydrogens (tertiary/aromatic N) is 2. The fourth-order valence-corrected chi connectivity index (χ4v) is 4.08. The Kier molecular flexibility index (Phi) is 6.52. The number of carbonyl (C=O) groups excluding carboxylic acids is 2. The zero-order valence-electron chi connectivity index (χ0n) is 15.2. The summed E-state index contributed by atoms with van der Waals surface area (Å²) in [6.07, 6.45) is 0.107. The lowest BCUT2D eigenvalue weighted by Gasteiger charge is -2.21. The second-order valence-corrected chi connectivity index (χ2v) is 8.16. The van der Waals surface area contributed by atoms with Crippen molar-refractivity contribution < 1.29 is 9.59 Å². The van der Waals surface area contributed by atoms with Crippen molar-refractivity contribution in [3.63, 3.8) is 0 Å². The number of halogens is 1. The number of hydrogen-bond acceptors (Lipinski definition) is 4. The number of amidine groups is 1. The van der Waals surface area contributed by atoms with E-state index >= 15 is 0 Å². The SMILES string of the molecule is Cc1c(Cl)cccc1NC(=O)CC1SC(=NC(C)C)N(C(C)C)C1=O. The molecule has 0 spiro atoms. The number of amides is 2. The Bertz CT molecular complexity index is 704. The van der Waals surface area contributed by atoms with Gasteiger partial charge in [0.25, 0.3) is 0 Å². The second-order valence-electron chi connectivity index (χ2n) is 6.58. The maximum atomic E-state index is 12.7. The van der Waals surface area contributed by atoms with Gasteiger partial charge in [0.2, 0.25) is 11.8 Å². The molecule has 0 saturated carbocycles. The molecule has 7 heteroatoms. The summed E-state index contributed by atoms with van der Waals surface area (Å²) in [5.74, 6) is -0.261. The largest absolute Gasteiger partial charge is 0.326 e. The van der Waals surface area contributed by atoms with Crippen molar-refractivity contribution in [2.24, 2.45) is 4.99 Å². The molecule has 0 bridgehead atoms. The van der Waals surface area contributed by atoms with Gasteiger partial charge in [0.05, 0.1) is 0 Å². The average Bonchev–Trinajstić information content (AvgIpc) is 2.79. The lowest BCUT2D eigenvalue weighted by Crippen LogP contribution is -2.38. The fourth-order valence-electron chi connectivity index (χ4n) is 2.51. The van der Waals surface area contributed by atoms with Crippen LogP contribution in [0.2, 0.25) is 5.02 Å². The van der Waals surface area contributed by atoms with E-state index in [0.717, 1.165) is 5.56 Å². The molecule has 1 fully saturated rings. The molecule has 1 aromatic rings. The number of thioether (sulfide) groups is 1. The summed E-state index contributed by atoms with van der Waals surface area (Å²) >= 11 is 7.45. The Morgan fingerprint density at radius 1 is 1.36 bits per heavy atom. The van der Waals surface area contributed by atoms with E-state index in [0.29, 0.717) is 15.9 Å². The molecule has 0 radical (unpaired) electrons. The fraction of sp³-hybridized carbons (Fsp3) is 0.500. The van der Waals surface area contributed by atoms with Crippen molar-refractivity contribution in [1.29, 1.82) is 0 Å². The van der Waals surface area contributed by atoms with E-state index in [2.05, 4.69) is 10.3 Å². The van der Waals surface area contributed by atoms with E-state index in [4.69, 9.17) is 11.6 Å². The number of hydrogen-bond donors (Lipinski definition) is 1. The van der Waals surface area contributed by atoms with Crippen molar-refractivity contribution in [3.05, 3.63) is 28.8 Å². The van der Waals surface area contributed by atoms with Crippen LogP contribution in [0, 0.1) is 6.92 Å². The first-order valence-corrected chi connectivity index (χ1v) is 9.59. The molecule has 0 aliphatic carbocycles. The van der Waals surface area contributed by atoms with E-state index in [1.165, 1.54) is 11.8 Å². The van der Waals surface area contributed by atoms with Crippen LogP contribution >= 0.6 is 23.4 Å². The van der Waals surface area contributed by atoms with E-state index in [1.54, 1.807) is 23.1 Å². The normalized spacial score (nSPS) is 19.4. The molecule has 25 heavy (non-hydrogen) atoms. The molecule has 1 aromatic carbocycles. The summed E-state index contributed by atoms with van der Waals surface area (Å²) in [7, 11) is 0. The summed E-state index contributed by atoms with van der Waals surface area (Å²) in [6.45, 7) is 9.69. The third-order valence-corrected chi connectivity index (χ3v) is 5.34. The summed E-state index contributed by atoms with van der Waals surface area (Å²) < 4.78 is 0. The van der Waals surface area contributed by atoms with Gasteiger partial charge in [-0.25, -0.2) is 0 Å². The van der Waals surface area contributed by atoms with Crippen LogP contribution in [0.25, 0.3) is 0 Å². The minimum atomic E-state index is -0.445. The number of nitrogens with one attached hydrogen (secondary N) is 1. The molecule has 1 unspecified atom stereocenters. The van der Waals surface area contributed by atoms with Crippen molar-refractivity contribution >= 4 is 46.0 Å². The van der Waals surface area contributed by atoms with Crippen molar-refractivity contribution in [1.82, 2.24) is 4.90 Å². The van der Waals surface area contributed by atoms with E-state index in [9.17, 15) is 9.59 Å². The monoisotopic (exact) mass is 381 g/mol. The van der Waals surface area contributed by atoms with Crippen LogP contribution in [-0.4, -0.2) is 39.2 Å². The van der Waals surface area contributed by atoms with Gasteiger partial charge in [0.15, 0.2) is 5.17 Å². The molecule has 0 aromatic heterocycles. The van der Waals surface area contributed by atoms with E-state index in [-0.39, 0.29) is 30.3 Å². The highest BCUT2D eigenvalue weighted by Crippen LogP contribution is 2.32. The highest BCUT2D eigenvalue weighted by atomic mass is 35.5. The molecule has 1 aliphatic heterocycles. The molecule has 136 valence electrons. The van der Waals surface area contributed by atoms with Gasteiger partial charge in [-0.05, 0) is 52.3 Å². The Morgan fingerprint density at radius 2 is 2.04 bits per heavy atom. The van der Waals surface area contributed by atoms with Crippen molar-refractivity contribution in [2.45, 2.75) is 58.4 Å². The lowest BCUT2D eigenvalue weighted by atomic mass is 10.2. The highest BCUT2D eigenvalue weighted by Gasteiger charge is 2.40. The van der Waals surface area contributed by atoms with Crippen molar-refractivity contribution in [2.75, 3.05) is 5.32 Å². The topological polar surface area (TPSA) is 61.8 Å². The summed E-state index contributed by atoms with van der Waals surface area (Å²) in [6, 6.07) is 5.47. The van der Waals surface area contributed by atoms with Gasteiger partial charge >= 0.3 is 0 Å². The first-order chi connectivity index (χ1) is 11.7. The van der Waals surface area contributed by atoms with Crippen LogP contribution in [0.5, 0.6) is 0 Å². The van der Waals surface area contributed by atoms with Crippen LogP contribution in [0.1, 0.15) is 39.7 Å². The van der Waals surface area contributed by atoms with Gasteiger partial charge in [-0.3, -0.25) is 19.5 Å². The third-order valence-electron chi connectivity index (χ3n) is 3.76. The molecule has 1 atom stereocenters. The maximum absolute atomic E-state index is 12.7. The molecular formula is C18H24ClN3O2S. The summed E-state index contributed by atoms with van der Waals surface area (Å²) in [5.41, 5.74) is 1.48. The number of rotatable bonds is 5. The van der Waals surface area contributed by atoms with E-state index < -0.39 is 5.25 Å². The van der Waals surface area contributed by atoms with E-state index in [1.807, 2.05) is 34.6 Å². The molecule has 2 amide bonds. The number of anilines is 1. The predicted molar refractivity (Wildman–Crippen MR) is 105 cm³/mol. The van der Waals surface area contributed by atoms with Crippen LogP contribution in [0.3, 0.4) is 0 Å². The maximum Gasteiger partial charge on any atom is 0.242 e. The quantitative estimate of drug-likeness (QED) is 0.835. The molecule has 1 aliphatic rings.